The molecule has 2 amide bonds. The van der Waals surface area contributed by atoms with Crippen LogP contribution in [0.3, 0.4) is 0 Å². The molecule has 11 heteroatoms. The third-order valence-corrected chi connectivity index (χ3v) is 8.70. The van der Waals surface area contributed by atoms with E-state index in [-0.39, 0.29) is 35.6 Å². The number of ether oxygens (including phenoxy) is 3. The maximum Gasteiger partial charge on any atom is 0.410 e. The first-order valence-corrected chi connectivity index (χ1v) is 16.3. The van der Waals surface area contributed by atoms with E-state index in [1.54, 1.807) is 29.0 Å². The second-order valence-electron chi connectivity index (χ2n) is 13.3. The molecular weight excluding hydrogens is 615 g/mol. The molecule has 48 heavy (non-hydrogen) atoms. The summed E-state index contributed by atoms with van der Waals surface area (Å²) in [5.41, 5.74) is 2.54. The van der Waals surface area contributed by atoms with Crippen LogP contribution in [0.2, 0.25) is 0 Å². The van der Waals surface area contributed by atoms with Crippen molar-refractivity contribution in [2.45, 2.75) is 77.0 Å². The van der Waals surface area contributed by atoms with Gasteiger partial charge >= 0.3 is 6.09 Å². The number of amides is 2. The van der Waals surface area contributed by atoms with E-state index in [1.165, 1.54) is 6.07 Å². The third-order valence-electron chi connectivity index (χ3n) is 8.70. The van der Waals surface area contributed by atoms with Crippen molar-refractivity contribution in [3.63, 3.8) is 0 Å². The van der Waals surface area contributed by atoms with Crippen molar-refractivity contribution in [2.24, 2.45) is 0 Å². The van der Waals surface area contributed by atoms with Crippen LogP contribution in [0.25, 0.3) is 11.4 Å². The molecule has 0 aliphatic carbocycles. The minimum absolute atomic E-state index is 0.0149. The molecule has 0 radical (unpaired) electrons. The van der Waals surface area contributed by atoms with Gasteiger partial charge in [-0.25, -0.2) is 9.18 Å². The lowest BCUT2D eigenvalue weighted by Gasteiger charge is -2.40. The van der Waals surface area contributed by atoms with Crippen molar-refractivity contribution >= 4 is 17.7 Å². The average Bonchev–Trinajstić information content (AvgIpc) is 3.56. The highest BCUT2D eigenvalue weighted by molar-refractivity contribution is 5.95. The van der Waals surface area contributed by atoms with Crippen LogP contribution in [0.4, 0.5) is 14.9 Å². The maximum absolute atomic E-state index is 15.4. The summed E-state index contributed by atoms with van der Waals surface area (Å²) >= 11 is 0. The Balaban J connectivity index is 1.21. The van der Waals surface area contributed by atoms with Crippen molar-refractivity contribution in [3.05, 3.63) is 89.6 Å². The number of anilines is 1. The van der Waals surface area contributed by atoms with Gasteiger partial charge in [-0.05, 0) is 70.5 Å². The Morgan fingerprint density at radius 2 is 1.71 bits per heavy atom. The number of aryl methyl sites for hydroxylation is 1. The summed E-state index contributed by atoms with van der Waals surface area (Å²) < 4.78 is 38.4. The number of rotatable bonds is 7. The molecule has 2 atom stereocenters. The zero-order valence-corrected chi connectivity index (χ0v) is 27.9. The van der Waals surface area contributed by atoms with Crippen LogP contribution in [0.5, 0.6) is 11.5 Å². The Morgan fingerprint density at radius 1 is 0.979 bits per heavy atom. The molecule has 2 fully saturated rings. The number of benzene rings is 3. The van der Waals surface area contributed by atoms with E-state index in [4.69, 9.17) is 23.7 Å². The Kier molecular flexibility index (Phi) is 9.39. The van der Waals surface area contributed by atoms with Gasteiger partial charge in [0.15, 0.2) is 11.6 Å². The number of methoxy groups -OCH3 is 1. The van der Waals surface area contributed by atoms with E-state index >= 15 is 4.39 Å². The fourth-order valence-corrected chi connectivity index (χ4v) is 6.33. The van der Waals surface area contributed by atoms with Crippen LogP contribution in [-0.4, -0.2) is 58.9 Å². The van der Waals surface area contributed by atoms with Crippen molar-refractivity contribution in [1.82, 2.24) is 15.0 Å². The second-order valence-corrected chi connectivity index (χ2v) is 13.3. The molecule has 6 rings (SSSR count). The lowest BCUT2D eigenvalue weighted by atomic mass is 9.83. The van der Waals surface area contributed by atoms with Crippen LogP contribution in [-0.2, 0) is 9.53 Å². The van der Waals surface area contributed by atoms with Gasteiger partial charge in [-0.2, -0.15) is 4.98 Å². The molecule has 0 saturated carbocycles. The number of hydrogen-bond acceptors (Lipinski definition) is 8. The quantitative estimate of drug-likeness (QED) is 0.200. The van der Waals surface area contributed by atoms with Gasteiger partial charge in [0.1, 0.15) is 17.5 Å². The Bertz CT molecular complexity index is 1760. The van der Waals surface area contributed by atoms with Gasteiger partial charge in [-0.1, -0.05) is 41.1 Å². The number of halogens is 1. The minimum Gasteiger partial charge on any atom is -0.496 e. The summed E-state index contributed by atoms with van der Waals surface area (Å²) in [6.07, 6.45) is 1.31. The molecule has 2 aliphatic heterocycles. The Labute approximate surface area is 279 Å². The third kappa shape index (κ3) is 7.14. The Morgan fingerprint density at radius 3 is 2.40 bits per heavy atom. The molecule has 0 N–H and O–H groups in total. The van der Waals surface area contributed by atoms with Gasteiger partial charge in [0, 0.05) is 49.2 Å². The van der Waals surface area contributed by atoms with Gasteiger partial charge in [-0.15, -0.1) is 0 Å². The molecule has 2 unspecified atom stereocenters. The lowest BCUT2D eigenvalue weighted by molar-refractivity contribution is -0.120. The monoisotopic (exact) mass is 656 g/mol. The molecule has 4 aromatic rings. The van der Waals surface area contributed by atoms with Crippen molar-refractivity contribution < 1.29 is 32.7 Å². The van der Waals surface area contributed by atoms with E-state index in [2.05, 4.69) is 5.16 Å². The van der Waals surface area contributed by atoms with Gasteiger partial charge < -0.3 is 28.5 Å². The molecule has 10 nitrogen and oxygen atoms in total. The number of aromatic nitrogens is 2. The highest BCUT2D eigenvalue weighted by atomic mass is 19.1. The number of carbonyl (C=O) groups is 2. The summed E-state index contributed by atoms with van der Waals surface area (Å²) in [6, 6.07) is 19.6. The summed E-state index contributed by atoms with van der Waals surface area (Å²) in [6.45, 7) is 8.43. The average molecular weight is 657 g/mol. The number of carbonyl (C=O) groups excluding carboxylic acids is 2. The van der Waals surface area contributed by atoms with Gasteiger partial charge in [0.25, 0.3) is 0 Å². The van der Waals surface area contributed by atoms with E-state index in [0.717, 1.165) is 16.8 Å². The predicted octanol–water partition coefficient (Wildman–Crippen LogP) is 7.62. The molecule has 2 saturated heterocycles. The normalized spacial score (nSPS) is 18.9. The zero-order valence-electron chi connectivity index (χ0n) is 27.9. The number of piperidine rings is 2. The maximum atomic E-state index is 15.4. The van der Waals surface area contributed by atoms with Crippen LogP contribution in [0.1, 0.15) is 75.4 Å². The number of hydrogen-bond donors (Lipinski definition) is 0. The van der Waals surface area contributed by atoms with Gasteiger partial charge in [0.2, 0.25) is 17.6 Å². The van der Waals surface area contributed by atoms with Gasteiger partial charge in [0.05, 0.1) is 19.1 Å². The van der Waals surface area contributed by atoms with Crippen molar-refractivity contribution in [1.29, 1.82) is 0 Å². The molecule has 1 aromatic heterocycles. The first-order chi connectivity index (χ1) is 23.0. The fourth-order valence-electron chi connectivity index (χ4n) is 6.33. The summed E-state index contributed by atoms with van der Waals surface area (Å²) in [7, 11) is 1.61. The van der Waals surface area contributed by atoms with E-state index in [0.29, 0.717) is 56.0 Å². The van der Waals surface area contributed by atoms with Crippen LogP contribution < -0.4 is 14.4 Å². The number of para-hydroxylation sites is 1. The molecule has 3 heterocycles. The summed E-state index contributed by atoms with van der Waals surface area (Å²) in [5.74, 6) is 0.441. The summed E-state index contributed by atoms with van der Waals surface area (Å²) in [4.78, 5) is 34.1. The zero-order chi connectivity index (χ0) is 34.0. The van der Waals surface area contributed by atoms with Crippen molar-refractivity contribution in [2.75, 3.05) is 25.1 Å². The fraction of sp³-hybridized carbons (Fsp3) is 0.405. The second kappa shape index (κ2) is 13.7. The van der Waals surface area contributed by atoms with Crippen LogP contribution >= 0.6 is 0 Å². The van der Waals surface area contributed by atoms with Gasteiger partial charge in [-0.3, -0.25) is 4.79 Å². The SMILES string of the molecule is COc1ccccc1C1C(c2nc(-c3ccc(OC4CCN(C(=O)OC(C)(C)C)CC4)c(F)c3)no2)CCC(=O)N1c1ccc(C)cc1. The van der Waals surface area contributed by atoms with Crippen LogP contribution in [0, 0.1) is 12.7 Å². The largest absolute Gasteiger partial charge is 0.496 e. The highest BCUT2D eigenvalue weighted by Crippen LogP contribution is 2.47. The molecular formula is C37H41FN4O6. The topological polar surface area (TPSA) is 107 Å². The van der Waals surface area contributed by atoms with E-state index in [9.17, 15) is 9.59 Å². The van der Waals surface area contributed by atoms with E-state index < -0.39 is 17.5 Å². The molecule has 3 aromatic carbocycles. The first-order valence-electron chi connectivity index (χ1n) is 16.3. The lowest BCUT2D eigenvalue weighted by Crippen LogP contribution is -2.44. The first kappa shape index (κ1) is 33.0. The smallest absolute Gasteiger partial charge is 0.410 e. The van der Waals surface area contributed by atoms with Crippen molar-refractivity contribution in [3.8, 4) is 22.9 Å². The minimum atomic E-state index is -0.566. The summed E-state index contributed by atoms with van der Waals surface area (Å²) in [5, 5.41) is 4.22. The predicted molar refractivity (Wildman–Crippen MR) is 178 cm³/mol. The highest BCUT2D eigenvalue weighted by Gasteiger charge is 2.42. The number of nitrogens with zero attached hydrogens (tertiary/aromatic N) is 4. The molecule has 0 bridgehead atoms. The Hall–Kier alpha value is -4.93. The van der Waals surface area contributed by atoms with Crippen LogP contribution in [0.15, 0.2) is 71.3 Å². The van der Waals surface area contributed by atoms with E-state index in [1.807, 2.05) is 76.2 Å². The standard InChI is InChI=1S/C37H41FN4O6/c1-23-10-13-25(14-11-23)42-32(43)17-15-28(33(42)27-8-6-7-9-30(27)45-5)35-39-34(40-48-35)24-12-16-31(29(38)22-24)46-26-18-20-41(21-19-26)36(44)47-37(2,3)4/h6-14,16,22,26,28,33H,15,17-21H2,1-5H3. The number of likely N-dealkylation sites (tertiary alicyclic amines) is 1. The molecule has 2 aliphatic rings. The molecule has 0 spiro atoms. The molecule has 252 valence electrons.